The van der Waals surface area contributed by atoms with Crippen LogP contribution in [0.3, 0.4) is 0 Å². The lowest BCUT2D eigenvalue weighted by Gasteiger charge is -2.09. The molecule has 0 fully saturated rings. The molecule has 0 radical (unpaired) electrons. The van der Waals surface area contributed by atoms with Crippen LogP contribution in [0, 0.1) is 20.2 Å². The molecule has 0 saturated carbocycles. The molecule has 0 saturated heterocycles. The van der Waals surface area contributed by atoms with E-state index in [0.29, 0.717) is 6.42 Å². The normalized spacial score (nSPS) is 11.1. The summed E-state index contributed by atoms with van der Waals surface area (Å²) in [5.41, 5.74) is 4.82. The van der Waals surface area contributed by atoms with Gasteiger partial charge in [-0.2, -0.15) is 5.10 Å². The summed E-state index contributed by atoms with van der Waals surface area (Å²) in [6.45, 7) is 0. The molecule has 0 aliphatic carbocycles. The molecule has 0 atom stereocenters. The molecule has 146 valence electrons. The van der Waals surface area contributed by atoms with Crippen LogP contribution in [0.1, 0.15) is 17.5 Å². The smallest absolute Gasteiger partial charge is 0.271 e. The third-order valence-corrected chi connectivity index (χ3v) is 4.30. The third kappa shape index (κ3) is 5.23. The predicted molar refractivity (Wildman–Crippen MR) is 111 cm³/mol. The van der Waals surface area contributed by atoms with Crippen LogP contribution in [0.5, 0.6) is 0 Å². The SMILES string of the molecule is O=[N+]([O-])c1ccc(NN=C(CCc2ccccc2)c2ccccc2)c([N+](=O)[O-])c1. The van der Waals surface area contributed by atoms with Gasteiger partial charge in [0.25, 0.3) is 5.69 Å². The quantitative estimate of drug-likeness (QED) is 0.332. The Hall–Kier alpha value is -4.07. The lowest BCUT2D eigenvalue weighted by atomic mass is 10.0. The number of nitro groups is 2. The maximum absolute atomic E-state index is 11.3. The van der Waals surface area contributed by atoms with E-state index < -0.39 is 15.5 Å². The zero-order valence-electron chi connectivity index (χ0n) is 15.4. The molecule has 0 unspecified atom stereocenters. The van der Waals surface area contributed by atoms with E-state index in [2.05, 4.69) is 10.5 Å². The lowest BCUT2D eigenvalue weighted by molar-refractivity contribution is -0.393. The van der Waals surface area contributed by atoms with Crippen LogP contribution in [0.2, 0.25) is 0 Å². The van der Waals surface area contributed by atoms with E-state index in [-0.39, 0.29) is 11.4 Å². The number of hydrazone groups is 1. The van der Waals surface area contributed by atoms with Crippen molar-refractivity contribution in [1.29, 1.82) is 0 Å². The fourth-order valence-electron chi connectivity index (χ4n) is 2.81. The Kier molecular flexibility index (Phi) is 6.26. The first kappa shape index (κ1) is 19.7. The molecular formula is C21H18N4O4. The molecule has 0 amide bonds. The van der Waals surface area contributed by atoms with Gasteiger partial charge in [-0.1, -0.05) is 60.7 Å². The van der Waals surface area contributed by atoms with Crippen LogP contribution < -0.4 is 5.43 Å². The van der Waals surface area contributed by atoms with Crippen molar-refractivity contribution in [2.75, 3.05) is 5.43 Å². The molecule has 8 heteroatoms. The number of hydrogen-bond donors (Lipinski definition) is 1. The van der Waals surface area contributed by atoms with Gasteiger partial charge in [0.15, 0.2) is 0 Å². The summed E-state index contributed by atoms with van der Waals surface area (Å²) in [5, 5.41) is 26.6. The van der Waals surface area contributed by atoms with Crippen molar-refractivity contribution in [2.45, 2.75) is 12.8 Å². The van der Waals surface area contributed by atoms with E-state index in [4.69, 9.17) is 0 Å². The molecule has 29 heavy (non-hydrogen) atoms. The topological polar surface area (TPSA) is 111 Å². The number of hydrogen-bond acceptors (Lipinski definition) is 6. The Morgan fingerprint density at radius 2 is 1.52 bits per heavy atom. The summed E-state index contributed by atoms with van der Waals surface area (Å²) in [7, 11) is 0. The Bertz CT molecular complexity index is 1040. The fraction of sp³-hybridized carbons (Fsp3) is 0.0952. The van der Waals surface area contributed by atoms with Gasteiger partial charge in [0, 0.05) is 6.07 Å². The third-order valence-electron chi connectivity index (χ3n) is 4.30. The zero-order valence-corrected chi connectivity index (χ0v) is 15.4. The molecule has 0 aliphatic heterocycles. The van der Waals surface area contributed by atoms with Crippen molar-refractivity contribution in [3.8, 4) is 0 Å². The van der Waals surface area contributed by atoms with Crippen molar-refractivity contribution < 1.29 is 9.85 Å². The van der Waals surface area contributed by atoms with E-state index in [1.807, 2.05) is 60.7 Å². The van der Waals surface area contributed by atoms with Gasteiger partial charge < -0.3 is 0 Å². The van der Waals surface area contributed by atoms with E-state index in [1.54, 1.807) is 0 Å². The molecule has 0 bridgehead atoms. The molecule has 3 rings (SSSR count). The van der Waals surface area contributed by atoms with Crippen LogP contribution in [0.4, 0.5) is 17.1 Å². The largest absolute Gasteiger partial charge is 0.301 e. The average molecular weight is 390 g/mol. The second kappa shape index (κ2) is 9.23. The first-order valence-electron chi connectivity index (χ1n) is 8.89. The van der Waals surface area contributed by atoms with Gasteiger partial charge in [-0.15, -0.1) is 0 Å². The Morgan fingerprint density at radius 1 is 0.862 bits per heavy atom. The summed E-state index contributed by atoms with van der Waals surface area (Å²) in [6, 6.07) is 22.8. The van der Waals surface area contributed by atoms with Crippen molar-refractivity contribution >= 4 is 22.8 Å². The number of nitrogens with one attached hydrogen (secondary N) is 1. The van der Waals surface area contributed by atoms with Gasteiger partial charge in [0.1, 0.15) is 5.69 Å². The standard InChI is InChI=1S/C21H18N4O4/c26-24(27)18-12-14-20(21(15-18)25(28)29)23-22-19(17-9-5-2-6-10-17)13-11-16-7-3-1-4-8-16/h1-10,12,14-15,23H,11,13H2. The molecular weight excluding hydrogens is 372 g/mol. The number of anilines is 1. The first-order chi connectivity index (χ1) is 14.0. The molecule has 8 nitrogen and oxygen atoms in total. The number of aryl methyl sites for hydroxylation is 1. The molecule has 0 aromatic heterocycles. The Morgan fingerprint density at radius 3 is 2.14 bits per heavy atom. The minimum absolute atomic E-state index is 0.0914. The van der Waals surface area contributed by atoms with Crippen LogP contribution in [0.25, 0.3) is 0 Å². The van der Waals surface area contributed by atoms with Crippen molar-refractivity contribution in [1.82, 2.24) is 0 Å². The van der Waals surface area contributed by atoms with Crippen LogP contribution >= 0.6 is 0 Å². The molecule has 0 spiro atoms. The number of nitrogens with zero attached hydrogens (tertiary/aromatic N) is 3. The van der Waals surface area contributed by atoms with Crippen molar-refractivity contribution in [2.24, 2.45) is 5.10 Å². The minimum atomic E-state index is -0.671. The highest BCUT2D eigenvalue weighted by Crippen LogP contribution is 2.29. The number of benzene rings is 3. The predicted octanol–water partition coefficient (Wildman–Crippen LogP) is 4.95. The maximum atomic E-state index is 11.3. The number of nitro benzene ring substituents is 2. The zero-order chi connectivity index (χ0) is 20.6. The lowest BCUT2D eigenvalue weighted by Crippen LogP contribution is -2.07. The highest BCUT2D eigenvalue weighted by molar-refractivity contribution is 6.01. The second-order valence-corrected chi connectivity index (χ2v) is 6.24. The molecule has 3 aromatic rings. The van der Waals surface area contributed by atoms with Gasteiger partial charge in [-0.25, -0.2) is 0 Å². The number of non-ortho nitro benzene ring substituents is 1. The molecule has 0 aliphatic rings. The summed E-state index contributed by atoms with van der Waals surface area (Å²) < 4.78 is 0. The summed E-state index contributed by atoms with van der Waals surface area (Å²) in [6.07, 6.45) is 1.36. The van der Waals surface area contributed by atoms with Crippen LogP contribution in [0.15, 0.2) is 84.0 Å². The summed E-state index contributed by atoms with van der Waals surface area (Å²) in [5.74, 6) is 0. The van der Waals surface area contributed by atoms with Crippen molar-refractivity contribution in [3.63, 3.8) is 0 Å². The van der Waals surface area contributed by atoms with Gasteiger partial charge in [0.05, 0.1) is 21.6 Å². The van der Waals surface area contributed by atoms with Gasteiger partial charge in [-0.3, -0.25) is 25.7 Å². The van der Waals surface area contributed by atoms with Crippen LogP contribution in [-0.2, 0) is 6.42 Å². The molecule has 1 N–H and O–H groups in total. The Balaban J connectivity index is 1.88. The van der Waals surface area contributed by atoms with E-state index in [9.17, 15) is 20.2 Å². The fourth-order valence-corrected chi connectivity index (χ4v) is 2.81. The highest BCUT2D eigenvalue weighted by atomic mass is 16.6. The first-order valence-corrected chi connectivity index (χ1v) is 8.89. The average Bonchev–Trinajstić information content (AvgIpc) is 2.75. The molecule has 3 aromatic carbocycles. The van der Waals surface area contributed by atoms with Gasteiger partial charge >= 0.3 is 5.69 Å². The minimum Gasteiger partial charge on any atom is -0.271 e. The van der Waals surface area contributed by atoms with Crippen molar-refractivity contribution in [3.05, 3.63) is 110 Å². The highest BCUT2D eigenvalue weighted by Gasteiger charge is 2.19. The van der Waals surface area contributed by atoms with E-state index >= 15 is 0 Å². The van der Waals surface area contributed by atoms with E-state index in [0.717, 1.165) is 29.3 Å². The maximum Gasteiger partial charge on any atom is 0.301 e. The summed E-state index contributed by atoms with van der Waals surface area (Å²) >= 11 is 0. The summed E-state index contributed by atoms with van der Waals surface area (Å²) in [4.78, 5) is 20.9. The van der Waals surface area contributed by atoms with Gasteiger partial charge in [0.2, 0.25) is 0 Å². The van der Waals surface area contributed by atoms with Crippen LogP contribution in [-0.4, -0.2) is 15.6 Å². The van der Waals surface area contributed by atoms with E-state index in [1.165, 1.54) is 12.1 Å². The Labute approximate surface area is 166 Å². The second-order valence-electron chi connectivity index (χ2n) is 6.24. The number of rotatable bonds is 8. The van der Waals surface area contributed by atoms with Gasteiger partial charge in [-0.05, 0) is 30.0 Å². The molecule has 0 heterocycles. The monoisotopic (exact) mass is 390 g/mol.